The summed E-state index contributed by atoms with van der Waals surface area (Å²) in [5.74, 6) is 1.45. The highest BCUT2D eigenvalue weighted by Crippen LogP contribution is 2.21. The van der Waals surface area contributed by atoms with Crippen molar-refractivity contribution >= 4 is 27.3 Å². The molecule has 0 amide bonds. The first-order valence-corrected chi connectivity index (χ1v) is 9.78. The molecule has 0 atom stereocenters. The first kappa shape index (κ1) is 16.1. The van der Waals surface area contributed by atoms with Gasteiger partial charge >= 0.3 is 0 Å². The van der Waals surface area contributed by atoms with Gasteiger partial charge in [-0.2, -0.15) is 0 Å². The van der Waals surface area contributed by atoms with E-state index in [1.807, 2.05) is 29.5 Å². The van der Waals surface area contributed by atoms with Gasteiger partial charge < -0.3 is 18.7 Å². The van der Waals surface area contributed by atoms with E-state index < -0.39 is 0 Å². The van der Waals surface area contributed by atoms with Crippen LogP contribution in [-0.2, 0) is 13.1 Å². The SMILES string of the molecule is Brc1ccc(C[NH+]2CC[NH+](Cc3cc(-c4ccco4)on3)CC2)s1. The van der Waals surface area contributed by atoms with Crippen LogP contribution in [0.25, 0.3) is 11.5 Å². The average Bonchev–Trinajstić information content (AvgIpc) is 3.31. The lowest BCUT2D eigenvalue weighted by atomic mass is 10.2. The van der Waals surface area contributed by atoms with Gasteiger partial charge in [0.25, 0.3) is 0 Å². The summed E-state index contributed by atoms with van der Waals surface area (Å²) in [6.45, 7) is 6.80. The molecule has 1 aliphatic rings. The molecule has 7 heteroatoms. The van der Waals surface area contributed by atoms with E-state index in [0.29, 0.717) is 5.76 Å². The summed E-state index contributed by atoms with van der Waals surface area (Å²) in [6, 6.07) is 10.1. The fraction of sp³-hybridized carbons (Fsp3) is 0.353. The molecule has 3 aromatic heterocycles. The van der Waals surface area contributed by atoms with Gasteiger partial charge in [0.15, 0.2) is 5.76 Å². The molecule has 1 saturated heterocycles. The number of rotatable bonds is 5. The van der Waals surface area contributed by atoms with Gasteiger partial charge in [-0.1, -0.05) is 5.16 Å². The van der Waals surface area contributed by atoms with E-state index in [1.54, 1.807) is 16.1 Å². The summed E-state index contributed by atoms with van der Waals surface area (Å²) in [5.41, 5.74) is 1.00. The van der Waals surface area contributed by atoms with Gasteiger partial charge in [0.2, 0.25) is 5.76 Å². The number of piperazine rings is 1. The van der Waals surface area contributed by atoms with Crippen molar-refractivity contribution in [2.24, 2.45) is 0 Å². The second-order valence-electron chi connectivity index (χ2n) is 6.22. The maximum atomic E-state index is 5.39. The number of hydrogen-bond acceptors (Lipinski definition) is 4. The second kappa shape index (κ2) is 7.23. The van der Waals surface area contributed by atoms with Crippen molar-refractivity contribution in [2.45, 2.75) is 13.1 Å². The summed E-state index contributed by atoms with van der Waals surface area (Å²) in [4.78, 5) is 4.70. The van der Waals surface area contributed by atoms with Gasteiger partial charge in [-0.3, -0.25) is 0 Å². The van der Waals surface area contributed by atoms with Gasteiger partial charge in [-0.05, 0) is 40.2 Å². The van der Waals surface area contributed by atoms with Crippen LogP contribution in [0.4, 0.5) is 0 Å². The van der Waals surface area contributed by atoms with Gasteiger partial charge in [0.05, 0.1) is 14.9 Å². The predicted octanol–water partition coefficient (Wildman–Crippen LogP) is 1.24. The van der Waals surface area contributed by atoms with Crippen molar-refractivity contribution < 1.29 is 18.7 Å². The number of nitrogens with one attached hydrogen (secondary N) is 2. The van der Waals surface area contributed by atoms with E-state index in [9.17, 15) is 0 Å². The highest BCUT2D eigenvalue weighted by atomic mass is 79.9. The van der Waals surface area contributed by atoms with Crippen molar-refractivity contribution in [3.63, 3.8) is 0 Å². The Morgan fingerprint density at radius 2 is 1.83 bits per heavy atom. The van der Waals surface area contributed by atoms with Crippen molar-refractivity contribution in [3.8, 4) is 11.5 Å². The van der Waals surface area contributed by atoms with Crippen LogP contribution in [-0.4, -0.2) is 31.3 Å². The van der Waals surface area contributed by atoms with Crippen molar-refractivity contribution in [1.29, 1.82) is 0 Å². The van der Waals surface area contributed by atoms with Crippen LogP contribution < -0.4 is 9.80 Å². The fourth-order valence-corrected chi connectivity index (χ4v) is 4.74. The molecule has 2 N–H and O–H groups in total. The molecule has 0 radical (unpaired) electrons. The van der Waals surface area contributed by atoms with Crippen LogP contribution in [0.1, 0.15) is 10.6 Å². The molecule has 24 heavy (non-hydrogen) atoms. The first-order chi connectivity index (χ1) is 11.8. The Morgan fingerprint density at radius 1 is 1.04 bits per heavy atom. The first-order valence-electron chi connectivity index (χ1n) is 8.17. The standard InChI is InChI=1S/C17H18BrN3O2S/c18-17-4-3-14(24-17)12-21-7-5-20(6-8-21)11-13-10-16(23-19-13)15-2-1-9-22-15/h1-4,9-10H,5-8,11-12H2/p+2. The van der Waals surface area contributed by atoms with Crippen LogP contribution in [0, 0.1) is 0 Å². The van der Waals surface area contributed by atoms with Crippen LogP contribution in [0.2, 0.25) is 0 Å². The van der Waals surface area contributed by atoms with Crippen LogP contribution in [0.3, 0.4) is 0 Å². The van der Waals surface area contributed by atoms with Gasteiger partial charge in [-0.15, -0.1) is 11.3 Å². The molecule has 0 aliphatic carbocycles. The number of aromatic nitrogens is 1. The predicted molar refractivity (Wildman–Crippen MR) is 95.0 cm³/mol. The third kappa shape index (κ3) is 3.80. The van der Waals surface area contributed by atoms with E-state index in [4.69, 9.17) is 8.94 Å². The number of quaternary nitrogens is 2. The molecule has 0 spiro atoms. The lowest BCUT2D eigenvalue weighted by molar-refractivity contribution is -1.02. The Labute approximate surface area is 153 Å². The Kier molecular flexibility index (Phi) is 4.84. The van der Waals surface area contributed by atoms with E-state index in [0.717, 1.165) is 24.5 Å². The fourth-order valence-electron chi connectivity index (χ4n) is 3.19. The molecule has 0 saturated carbocycles. The molecule has 0 bridgehead atoms. The number of furan rings is 1. The highest BCUT2D eigenvalue weighted by Gasteiger charge is 2.24. The normalized spacial score (nSPS) is 21.2. The number of thiophene rings is 1. The zero-order valence-corrected chi connectivity index (χ0v) is 15.7. The van der Waals surface area contributed by atoms with E-state index >= 15 is 0 Å². The molecule has 1 aliphatic heterocycles. The molecule has 4 rings (SSSR count). The number of nitrogens with zero attached hydrogens (tertiary/aromatic N) is 1. The summed E-state index contributed by atoms with van der Waals surface area (Å²) < 4.78 is 12.0. The van der Waals surface area contributed by atoms with Gasteiger partial charge in [0, 0.05) is 6.07 Å². The van der Waals surface area contributed by atoms with Gasteiger partial charge in [0.1, 0.15) is 45.0 Å². The minimum absolute atomic E-state index is 0.710. The molecule has 1 fully saturated rings. The number of hydrogen-bond donors (Lipinski definition) is 2. The Bertz CT molecular complexity index is 775. The van der Waals surface area contributed by atoms with Crippen molar-refractivity contribution in [1.82, 2.24) is 5.16 Å². The van der Waals surface area contributed by atoms with Crippen molar-refractivity contribution in [2.75, 3.05) is 26.2 Å². The minimum atomic E-state index is 0.710. The molecule has 0 aromatic carbocycles. The third-order valence-electron chi connectivity index (χ3n) is 4.47. The molecule has 0 unspecified atom stereocenters. The number of halogens is 1. The van der Waals surface area contributed by atoms with E-state index in [-0.39, 0.29) is 0 Å². The zero-order chi connectivity index (χ0) is 16.4. The molecule has 126 valence electrons. The Balaban J connectivity index is 1.29. The lowest BCUT2D eigenvalue weighted by Crippen LogP contribution is -3.27. The average molecular weight is 410 g/mol. The van der Waals surface area contributed by atoms with Crippen LogP contribution >= 0.6 is 27.3 Å². The molecule has 5 nitrogen and oxygen atoms in total. The maximum Gasteiger partial charge on any atom is 0.202 e. The smallest absolute Gasteiger partial charge is 0.202 e. The molecule has 4 heterocycles. The Morgan fingerprint density at radius 3 is 2.50 bits per heavy atom. The summed E-state index contributed by atoms with van der Waals surface area (Å²) in [5, 5.41) is 4.19. The maximum absolute atomic E-state index is 5.39. The molecular formula is C17H20BrN3O2S+2. The third-order valence-corrected chi connectivity index (χ3v) is 6.10. The van der Waals surface area contributed by atoms with Crippen LogP contribution in [0.5, 0.6) is 0 Å². The quantitative estimate of drug-likeness (QED) is 0.666. The van der Waals surface area contributed by atoms with E-state index in [1.165, 1.54) is 34.8 Å². The summed E-state index contributed by atoms with van der Waals surface area (Å²) >= 11 is 5.39. The molecule has 3 aromatic rings. The summed E-state index contributed by atoms with van der Waals surface area (Å²) in [6.07, 6.45) is 1.65. The monoisotopic (exact) mass is 409 g/mol. The zero-order valence-electron chi connectivity index (χ0n) is 13.3. The topological polar surface area (TPSA) is 48.1 Å². The highest BCUT2D eigenvalue weighted by molar-refractivity contribution is 9.11. The van der Waals surface area contributed by atoms with Crippen LogP contribution in [0.15, 0.2) is 49.3 Å². The second-order valence-corrected chi connectivity index (χ2v) is 8.77. The molecular weight excluding hydrogens is 390 g/mol. The summed E-state index contributed by atoms with van der Waals surface area (Å²) in [7, 11) is 0. The Hall–Kier alpha value is -1.41. The minimum Gasteiger partial charge on any atom is -0.461 e. The largest absolute Gasteiger partial charge is 0.461 e. The van der Waals surface area contributed by atoms with Crippen molar-refractivity contribution in [3.05, 3.63) is 51.0 Å². The van der Waals surface area contributed by atoms with E-state index in [2.05, 4.69) is 33.2 Å². The van der Waals surface area contributed by atoms with Gasteiger partial charge in [-0.25, -0.2) is 0 Å². The lowest BCUT2D eigenvalue weighted by Gasteiger charge is -2.28.